The third kappa shape index (κ3) is 4.67. The number of nitrogens with one attached hydrogen (secondary N) is 1. The second-order valence-electron chi connectivity index (χ2n) is 5.83. The first-order chi connectivity index (χ1) is 10.3. The number of nitrogens with two attached hydrogens (primary N) is 1. The van der Waals surface area contributed by atoms with Gasteiger partial charge in [0.05, 0.1) is 4.90 Å². The summed E-state index contributed by atoms with van der Waals surface area (Å²) in [5.74, 6) is -0.158. The highest BCUT2D eigenvalue weighted by molar-refractivity contribution is 7.89. The fourth-order valence-corrected chi connectivity index (χ4v) is 3.99. The Bertz CT molecular complexity index is 649. The van der Waals surface area contributed by atoms with Gasteiger partial charge in [-0.15, -0.1) is 12.4 Å². The number of rotatable bonds is 5. The van der Waals surface area contributed by atoms with Crippen molar-refractivity contribution in [1.29, 1.82) is 0 Å². The van der Waals surface area contributed by atoms with Crippen molar-refractivity contribution in [3.05, 3.63) is 29.8 Å². The topological polar surface area (TPSA) is 92.5 Å². The van der Waals surface area contributed by atoms with Crippen molar-refractivity contribution in [3.8, 4) is 0 Å². The number of hydrogen-bond acceptors (Lipinski definition) is 4. The minimum Gasteiger partial charge on any atom is -0.334 e. The van der Waals surface area contributed by atoms with Crippen LogP contribution in [0.2, 0.25) is 0 Å². The number of hydrogen-bond donors (Lipinski definition) is 2. The molecule has 1 aliphatic rings. The van der Waals surface area contributed by atoms with Gasteiger partial charge in [-0.3, -0.25) is 4.79 Å². The summed E-state index contributed by atoms with van der Waals surface area (Å²) in [6, 6.07) is 5.99. The van der Waals surface area contributed by atoms with Gasteiger partial charge in [-0.25, -0.2) is 13.1 Å². The maximum atomic E-state index is 12.6. The van der Waals surface area contributed by atoms with Crippen LogP contribution >= 0.6 is 12.4 Å². The number of carbonyl (C=O) groups excluding carboxylic acids is 1. The molecule has 23 heavy (non-hydrogen) atoms. The standard InChI is InChI=1S/C15H23N3O3S.ClH/c1-11(2)17-22(20,21)14-7-3-5-12(9-14)15(19)18-8-4-6-13(18)10-16;/h3,5,7,9,11,13,17H,4,6,8,10,16H2,1-2H3;1H. The minimum absolute atomic E-state index is 0. The molecular formula is C15H24ClN3O3S. The number of amides is 1. The molecule has 0 spiro atoms. The highest BCUT2D eigenvalue weighted by atomic mass is 35.5. The van der Waals surface area contributed by atoms with Crippen LogP contribution in [0.5, 0.6) is 0 Å². The maximum absolute atomic E-state index is 12.6. The largest absolute Gasteiger partial charge is 0.334 e. The fourth-order valence-electron chi connectivity index (χ4n) is 2.69. The molecule has 130 valence electrons. The zero-order valence-electron chi connectivity index (χ0n) is 13.4. The molecule has 1 saturated heterocycles. The van der Waals surface area contributed by atoms with Gasteiger partial charge in [-0.1, -0.05) is 6.07 Å². The summed E-state index contributed by atoms with van der Waals surface area (Å²) in [6.07, 6.45) is 1.83. The summed E-state index contributed by atoms with van der Waals surface area (Å²) in [7, 11) is -3.60. The van der Waals surface area contributed by atoms with Crippen LogP contribution in [-0.4, -0.2) is 44.4 Å². The molecule has 1 amide bonds. The van der Waals surface area contributed by atoms with E-state index >= 15 is 0 Å². The second kappa shape index (κ2) is 8.10. The number of benzene rings is 1. The maximum Gasteiger partial charge on any atom is 0.254 e. The molecule has 1 aromatic rings. The van der Waals surface area contributed by atoms with Crippen LogP contribution in [0.3, 0.4) is 0 Å². The molecule has 0 saturated carbocycles. The lowest BCUT2D eigenvalue weighted by Gasteiger charge is -2.23. The first-order valence-corrected chi connectivity index (χ1v) is 8.97. The van der Waals surface area contributed by atoms with Gasteiger partial charge in [0.2, 0.25) is 10.0 Å². The molecular weight excluding hydrogens is 338 g/mol. The smallest absolute Gasteiger partial charge is 0.254 e. The summed E-state index contributed by atoms with van der Waals surface area (Å²) in [4.78, 5) is 14.4. The van der Waals surface area contributed by atoms with Crippen molar-refractivity contribution in [2.75, 3.05) is 13.1 Å². The lowest BCUT2D eigenvalue weighted by atomic mass is 10.1. The average Bonchev–Trinajstić information content (AvgIpc) is 2.93. The average molecular weight is 362 g/mol. The van der Waals surface area contributed by atoms with Crippen molar-refractivity contribution in [2.45, 2.75) is 43.7 Å². The van der Waals surface area contributed by atoms with E-state index in [-0.39, 0.29) is 35.3 Å². The minimum atomic E-state index is -3.60. The summed E-state index contributed by atoms with van der Waals surface area (Å²) in [5, 5.41) is 0. The SMILES string of the molecule is CC(C)NS(=O)(=O)c1cccc(C(=O)N2CCCC2CN)c1.Cl. The Labute approximate surface area is 143 Å². The number of halogens is 1. The third-order valence-corrected chi connectivity index (χ3v) is 5.35. The Morgan fingerprint density at radius 2 is 2.13 bits per heavy atom. The molecule has 0 aromatic heterocycles. The molecule has 1 aliphatic heterocycles. The zero-order valence-corrected chi connectivity index (χ0v) is 15.0. The normalized spacial score (nSPS) is 18.1. The van der Waals surface area contributed by atoms with Gasteiger partial charge in [-0.2, -0.15) is 0 Å². The van der Waals surface area contributed by atoms with E-state index in [4.69, 9.17) is 5.73 Å². The van der Waals surface area contributed by atoms with Gasteiger partial charge in [0, 0.05) is 30.7 Å². The van der Waals surface area contributed by atoms with E-state index < -0.39 is 10.0 Å². The molecule has 3 N–H and O–H groups in total. The summed E-state index contributed by atoms with van der Waals surface area (Å²) in [5.41, 5.74) is 6.08. The Kier molecular flexibility index (Phi) is 7.01. The summed E-state index contributed by atoms with van der Waals surface area (Å²) < 4.78 is 26.9. The van der Waals surface area contributed by atoms with Crippen LogP contribution in [-0.2, 0) is 10.0 Å². The first kappa shape index (κ1) is 19.9. The molecule has 0 radical (unpaired) electrons. The van der Waals surface area contributed by atoms with Crippen molar-refractivity contribution >= 4 is 28.3 Å². The number of carbonyl (C=O) groups is 1. The molecule has 1 unspecified atom stereocenters. The summed E-state index contributed by atoms with van der Waals surface area (Å²) >= 11 is 0. The molecule has 0 aliphatic carbocycles. The molecule has 1 aromatic carbocycles. The molecule has 1 fully saturated rings. The third-order valence-electron chi connectivity index (χ3n) is 3.69. The van der Waals surface area contributed by atoms with E-state index in [1.165, 1.54) is 12.1 Å². The van der Waals surface area contributed by atoms with E-state index in [0.717, 1.165) is 12.8 Å². The summed E-state index contributed by atoms with van der Waals surface area (Å²) in [6.45, 7) is 4.60. The van der Waals surface area contributed by atoms with Crippen LogP contribution in [0.25, 0.3) is 0 Å². The fraction of sp³-hybridized carbons (Fsp3) is 0.533. The highest BCUT2D eigenvalue weighted by Crippen LogP contribution is 2.21. The first-order valence-electron chi connectivity index (χ1n) is 7.48. The van der Waals surface area contributed by atoms with Gasteiger partial charge < -0.3 is 10.6 Å². The molecule has 1 heterocycles. The molecule has 6 nitrogen and oxygen atoms in total. The number of sulfonamides is 1. The van der Waals surface area contributed by atoms with Crippen LogP contribution in [0, 0.1) is 0 Å². The highest BCUT2D eigenvalue weighted by Gasteiger charge is 2.29. The Morgan fingerprint density at radius 3 is 2.74 bits per heavy atom. The second-order valence-corrected chi connectivity index (χ2v) is 7.55. The molecule has 8 heteroatoms. The van der Waals surface area contributed by atoms with Crippen molar-refractivity contribution in [2.24, 2.45) is 5.73 Å². The quantitative estimate of drug-likeness (QED) is 0.828. The van der Waals surface area contributed by atoms with Gasteiger partial charge in [0.15, 0.2) is 0 Å². The van der Waals surface area contributed by atoms with Crippen LogP contribution in [0.15, 0.2) is 29.2 Å². The molecule has 0 bridgehead atoms. The van der Waals surface area contributed by atoms with Crippen LogP contribution in [0.1, 0.15) is 37.0 Å². The van der Waals surface area contributed by atoms with E-state index in [9.17, 15) is 13.2 Å². The Hall–Kier alpha value is -1.15. The Morgan fingerprint density at radius 1 is 1.43 bits per heavy atom. The van der Waals surface area contributed by atoms with E-state index in [0.29, 0.717) is 18.7 Å². The zero-order chi connectivity index (χ0) is 16.3. The lowest BCUT2D eigenvalue weighted by molar-refractivity contribution is 0.0741. The predicted octanol–water partition coefficient (Wildman–Crippen LogP) is 1.36. The van der Waals surface area contributed by atoms with Gasteiger partial charge in [0.1, 0.15) is 0 Å². The number of likely N-dealkylation sites (tertiary alicyclic amines) is 1. The van der Waals surface area contributed by atoms with Gasteiger partial charge in [-0.05, 0) is 44.9 Å². The lowest BCUT2D eigenvalue weighted by Crippen LogP contribution is -2.40. The van der Waals surface area contributed by atoms with Gasteiger partial charge >= 0.3 is 0 Å². The van der Waals surface area contributed by atoms with Crippen molar-refractivity contribution in [1.82, 2.24) is 9.62 Å². The van der Waals surface area contributed by atoms with Crippen LogP contribution < -0.4 is 10.5 Å². The van der Waals surface area contributed by atoms with E-state index in [1.54, 1.807) is 30.9 Å². The number of nitrogens with zero attached hydrogens (tertiary/aromatic N) is 1. The van der Waals surface area contributed by atoms with Crippen molar-refractivity contribution < 1.29 is 13.2 Å². The molecule has 1 atom stereocenters. The van der Waals surface area contributed by atoms with Crippen molar-refractivity contribution in [3.63, 3.8) is 0 Å². The van der Waals surface area contributed by atoms with Gasteiger partial charge in [0.25, 0.3) is 5.91 Å². The molecule has 2 rings (SSSR count). The van der Waals surface area contributed by atoms with E-state index in [1.807, 2.05) is 0 Å². The van der Waals surface area contributed by atoms with E-state index in [2.05, 4.69) is 4.72 Å². The monoisotopic (exact) mass is 361 g/mol. The van der Waals surface area contributed by atoms with Crippen LogP contribution in [0.4, 0.5) is 0 Å². The Balaban J connectivity index is 0.00000264. The predicted molar refractivity (Wildman–Crippen MR) is 92.3 cm³/mol.